The molecule has 3 rings (SSSR count). The number of halogens is 3. The Hall–Kier alpha value is -2.09. The largest absolute Gasteiger partial charge is 0.493 e. The molecule has 2 aromatic rings. The zero-order valence-electron chi connectivity index (χ0n) is 16.9. The first-order valence-electron chi connectivity index (χ1n) is 10.1. The van der Waals surface area contributed by atoms with E-state index in [1.807, 2.05) is 24.3 Å². The Bertz CT molecular complexity index is 775. The molecule has 3 atom stereocenters. The van der Waals surface area contributed by atoms with Crippen LogP contribution in [0.15, 0.2) is 48.5 Å². The van der Waals surface area contributed by atoms with E-state index in [0.29, 0.717) is 43.5 Å². The summed E-state index contributed by atoms with van der Waals surface area (Å²) in [6, 6.07) is 12.4. The number of aliphatic hydroxyl groups is 1. The van der Waals surface area contributed by atoms with E-state index in [4.69, 9.17) is 14.2 Å². The molecule has 1 fully saturated rings. The summed E-state index contributed by atoms with van der Waals surface area (Å²) in [5.41, 5.74) is 0.879. The summed E-state index contributed by atoms with van der Waals surface area (Å²) in [7, 11) is 1.49. The van der Waals surface area contributed by atoms with Crippen LogP contribution in [0.25, 0.3) is 11.1 Å². The second-order valence-electron chi connectivity index (χ2n) is 7.56. The van der Waals surface area contributed by atoms with Crippen molar-refractivity contribution in [3.05, 3.63) is 54.1 Å². The van der Waals surface area contributed by atoms with Crippen LogP contribution in [-0.2, 0) is 15.7 Å². The molecule has 2 aromatic carbocycles. The van der Waals surface area contributed by atoms with E-state index >= 15 is 0 Å². The van der Waals surface area contributed by atoms with Crippen molar-refractivity contribution < 1.29 is 32.5 Å². The Morgan fingerprint density at radius 2 is 1.67 bits per heavy atom. The maximum Gasteiger partial charge on any atom is 0.416 e. The molecule has 0 bridgehead atoms. The Balaban J connectivity index is 1.56. The minimum atomic E-state index is -4.33. The topological polar surface area (TPSA) is 47.9 Å². The van der Waals surface area contributed by atoms with Gasteiger partial charge in [-0.2, -0.15) is 13.2 Å². The molecular weight excluding hydrogens is 397 g/mol. The van der Waals surface area contributed by atoms with Crippen LogP contribution in [0, 0.1) is 11.8 Å². The van der Waals surface area contributed by atoms with Gasteiger partial charge >= 0.3 is 6.18 Å². The van der Waals surface area contributed by atoms with Gasteiger partial charge in [-0.1, -0.05) is 24.3 Å². The van der Waals surface area contributed by atoms with Crippen molar-refractivity contribution in [3.8, 4) is 16.9 Å². The summed E-state index contributed by atoms with van der Waals surface area (Å²) in [4.78, 5) is 0. The van der Waals surface area contributed by atoms with Crippen LogP contribution in [0.2, 0.25) is 0 Å². The minimum Gasteiger partial charge on any atom is -0.493 e. The van der Waals surface area contributed by atoms with Gasteiger partial charge in [-0.25, -0.2) is 0 Å². The fraction of sp³-hybridized carbons (Fsp3) is 0.478. The summed E-state index contributed by atoms with van der Waals surface area (Å²) in [6.45, 7) is 1.84. The lowest BCUT2D eigenvalue weighted by atomic mass is 9.85. The Kier molecular flexibility index (Phi) is 7.75. The highest BCUT2D eigenvalue weighted by atomic mass is 19.4. The van der Waals surface area contributed by atoms with Gasteiger partial charge in [-0.05, 0) is 60.6 Å². The van der Waals surface area contributed by atoms with Crippen molar-refractivity contribution in [1.29, 1.82) is 0 Å². The number of aliphatic hydroxyl groups excluding tert-OH is 1. The number of alkyl halides is 3. The number of hydrogen-bond donors (Lipinski definition) is 1. The zero-order chi connectivity index (χ0) is 21.6. The molecule has 0 spiro atoms. The van der Waals surface area contributed by atoms with Crippen molar-refractivity contribution in [3.63, 3.8) is 0 Å². The molecule has 30 heavy (non-hydrogen) atoms. The molecule has 1 heterocycles. The van der Waals surface area contributed by atoms with Gasteiger partial charge in [0.05, 0.1) is 18.8 Å². The van der Waals surface area contributed by atoms with Crippen molar-refractivity contribution in [2.24, 2.45) is 11.8 Å². The van der Waals surface area contributed by atoms with Gasteiger partial charge in [0.25, 0.3) is 0 Å². The van der Waals surface area contributed by atoms with E-state index in [2.05, 4.69) is 0 Å². The normalized spacial score (nSPS) is 20.7. The average molecular weight is 424 g/mol. The van der Waals surface area contributed by atoms with Crippen molar-refractivity contribution in [2.75, 3.05) is 26.9 Å². The first kappa shape index (κ1) is 22.6. The highest BCUT2D eigenvalue weighted by Crippen LogP contribution is 2.32. The van der Waals surface area contributed by atoms with E-state index in [1.165, 1.54) is 19.2 Å². The first-order valence-corrected chi connectivity index (χ1v) is 10.1. The second kappa shape index (κ2) is 10.3. The first-order chi connectivity index (χ1) is 14.4. The standard InChI is InChI=1S/C23H27F3O4/c1-28-22(27)11-6-18-12-13-29-14-19(18)15-30-21-9-4-17(5-10-21)16-2-7-20(8-3-16)23(24,25)26/h2-5,7-10,18-19,22,27H,6,11-15H2,1H3. The summed E-state index contributed by atoms with van der Waals surface area (Å²) in [5.74, 6) is 1.33. The quantitative estimate of drug-likeness (QED) is 0.596. The second-order valence-corrected chi connectivity index (χ2v) is 7.56. The van der Waals surface area contributed by atoms with Crippen LogP contribution in [0.3, 0.4) is 0 Å². The van der Waals surface area contributed by atoms with Crippen molar-refractivity contribution in [2.45, 2.75) is 31.7 Å². The fourth-order valence-corrected chi connectivity index (χ4v) is 3.68. The summed E-state index contributed by atoms with van der Waals surface area (Å²) in [5, 5.41) is 9.62. The molecule has 0 saturated carbocycles. The molecule has 1 N–H and O–H groups in total. The van der Waals surface area contributed by atoms with Gasteiger partial charge in [-0.3, -0.25) is 0 Å². The Morgan fingerprint density at radius 3 is 2.27 bits per heavy atom. The lowest BCUT2D eigenvalue weighted by Gasteiger charge is -2.31. The van der Waals surface area contributed by atoms with Crippen LogP contribution >= 0.6 is 0 Å². The fourth-order valence-electron chi connectivity index (χ4n) is 3.68. The van der Waals surface area contributed by atoms with E-state index in [1.54, 1.807) is 0 Å². The predicted octanol–water partition coefficient (Wildman–Crippen LogP) is 5.15. The number of benzene rings is 2. The smallest absolute Gasteiger partial charge is 0.416 e. The highest BCUT2D eigenvalue weighted by molar-refractivity contribution is 5.64. The van der Waals surface area contributed by atoms with Gasteiger partial charge in [-0.15, -0.1) is 0 Å². The SMILES string of the molecule is COC(O)CCC1CCOCC1COc1ccc(-c2ccc(C(F)(F)F)cc2)cc1. The lowest BCUT2D eigenvalue weighted by Crippen LogP contribution is -2.32. The van der Waals surface area contributed by atoms with Gasteiger partial charge in [0, 0.05) is 19.6 Å². The van der Waals surface area contributed by atoms with Crippen molar-refractivity contribution in [1.82, 2.24) is 0 Å². The summed E-state index contributed by atoms with van der Waals surface area (Å²) >= 11 is 0. The molecule has 0 aliphatic carbocycles. The number of methoxy groups -OCH3 is 1. The van der Waals surface area contributed by atoms with Gasteiger partial charge < -0.3 is 19.3 Å². The maximum atomic E-state index is 12.7. The van der Waals surface area contributed by atoms with Crippen LogP contribution in [-0.4, -0.2) is 38.3 Å². The van der Waals surface area contributed by atoms with E-state index in [-0.39, 0.29) is 5.92 Å². The third-order valence-electron chi connectivity index (χ3n) is 5.55. The van der Waals surface area contributed by atoms with Gasteiger partial charge in [0.15, 0.2) is 6.29 Å². The van der Waals surface area contributed by atoms with Crippen LogP contribution in [0.5, 0.6) is 5.75 Å². The van der Waals surface area contributed by atoms with Crippen LogP contribution in [0.4, 0.5) is 13.2 Å². The lowest BCUT2D eigenvalue weighted by molar-refractivity contribution is -0.137. The number of hydrogen-bond acceptors (Lipinski definition) is 4. The average Bonchev–Trinajstić information content (AvgIpc) is 2.76. The molecule has 164 valence electrons. The predicted molar refractivity (Wildman–Crippen MR) is 107 cm³/mol. The van der Waals surface area contributed by atoms with Gasteiger partial charge in [0.1, 0.15) is 5.75 Å². The summed E-state index contributed by atoms with van der Waals surface area (Å²) < 4.78 is 54.6. The number of ether oxygens (including phenoxy) is 3. The number of rotatable bonds is 8. The van der Waals surface area contributed by atoms with E-state index < -0.39 is 18.0 Å². The Labute approximate surface area is 174 Å². The molecule has 0 aromatic heterocycles. The molecular formula is C23H27F3O4. The van der Waals surface area contributed by atoms with Gasteiger partial charge in [0.2, 0.25) is 0 Å². The molecule has 1 aliphatic rings. The highest BCUT2D eigenvalue weighted by Gasteiger charge is 2.30. The summed E-state index contributed by atoms with van der Waals surface area (Å²) in [6.07, 6.45) is -2.72. The third kappa shape index (κ3) is 6.20. The molecule has 0 radical (unpaired) electrons. The molecule has 1 saturated heterocycles. The third-order valence-corrected chi connectivity index (χ3v) is 5.55. The minimum absolute atomic E-state index is 0.234. The molecule has 4 nitrogen and oxygen atoms in total. The van der Waals surface area contributed by atoms with E-state index in [9.17, 15) is 18.3 Å². The van der Waals surface area contributed by atoms with Crippen molar-refractivity contribution >= 4 is 0 Å². The Morgan fingerprint density at radius 1 is 1.03 bits per heavy atom. The molecule has 3 unspecified atom stereocenters. The zero-order valence-corrected chi connectivity index (χ0v) is 16.9. The monoisotopic (exact) mass is 424 g/mol. The molecule has 7 heteroatoms. The van der Waals surface area contributed by atoms with Crippen LogP contribution in [0.1, 0.15) is 24.8 Å². The molecule has 1 aliphatic heterocycles. The van der Waals surface area contributed by atoms with E-state index in [0.717, 1.165) is 30.5 Å². The van der Waals surface area contributed by atoms with Crippen LogP contribution < -0.4 is 4.74 Å². The maximum absolute atomic E-state index is 12.7. The molecule has 0 amide bonds.